The molecule has 2 aromatic heterocycles. The van der Waals surface area contributed by atoms with Crippen molar-refractivity contribution in [1.82, 2.24) is 15.0 Å². The maximum Gasteiger partial charge on any atom is 0.223 e. The summed E-state index contributed by atoms with van der Waals surface area (Å²) in [6.45, 7) is 1.97. The number of aromatic amines is 1. The summed E-state index contributed by atoms with van der Waals surface area (Å²) < 4.78 is 0. The summed E-state index contributed by atoms with van der Waals surface area (Å²) in [5.74, 6) is 0.640. The molecule has 4 rings (SSSR count). The maximum atomic E-state index is 9.78. The highest BCUT2D eigenvalue weighted by molar-refractivity contribution is 6.37. The molecule has 0 aliphatic heterocycles. The lowest BCUT2D eigenvalue weighted by atomic mass is 10.1. The Morgan fingerprint density at radius 1 is 1.36 bits per heavy atom. The molecule has 1 saturated carbocycles. The summed E-state index contributed by atoms with van der Waals surface area (Å²) in [5.41, 5.74) is 9.55. The molecule has 2 heterocycles. The molecule has 1 aliphatic rings. The van der Waals surface area contributed by atoms with Crippen molar-refractivity contribution in [3.8, 4) is 17.0 Å². The molecule has 0 spiro atoms. The topological polar surface area (TPSA) is 99.9 Å². The largest absolute Gasteiger partial charge is 0.506 e. The van der Waals surface area contributed by atoms with Gasteiger partial charge >= 0.3 is 0 Å². The number of nitrogens with zero attached hydrogens (tertiary/aromatic N) is 2. The smallest absolute Gasteiger partial charge is 0.223 e. The van der Waals surface area contributed by atoms with E-state index in [0.29, 0.717) is 16.5 Å². The second kappa shape index (κ2) is 6.20. The predicted octanol–water partition coefficient (Wildman–Crippen LogP) is 3.58. The number of rotatable bonds is 3. The molecule has 1 fully saturated rings. The number of hydrogen-bond acceptors (Lipinski definition) is 5. The number of phenolic OH excluding ortho intramolecular Hbond substituents is 1. The van der Waals surface area contributed by atoms with Crippen molar-refractivity contribution in [3.63, 3.8) is 0 Å². The van der Waals surface area contributed by atoms with E-state index in [4.69, 9.17) is 22.3 Å². The van der Waals surface area contributed by atoms with E-state index >= 15 is 0 Å². The fourth-order valence-corrected chi connectivity index (χ4v) is 3.69. The summed E-state index contributed by atoms with van der Waals surface area (Å²) in [7, 11) is 0. The fourth-order valence-electron chi connectivity index (χ4n) is 3.47. The Morgan fingerprint density at radius 3 is 2.96 bits per heavy atom. The Balaban J connectivity index is 1.75. The number of benzene rings is 1. The van der Waals surface area contributed by atoms with Crippen LogP contribution in [0.5, 0.6) is 5.75 Å². The van der Waals surface area contributed by atoms with E-state index in [-0.39, 0.29) is 17.8 Å². The highest BCUT2D eigenvalue weighted by atomic mass is 35.5. The number of aromatic nitrogens is 3. The first kappa shape index (κ1) is 16.2. The van der Waals surface area contributed by atoms with Crippen LogP contribution in [0.25, 0.3) is 22.2 Å². The lowest BCUT2D eigenvalue weighted by Gasteiger charge is -2.17. The van der Waals surface area contributed by atoms with Crippen LogP contribution in [0.4, 0.5) is 5.95 Å². The quantitative estimate of drug-likeness (QED) is 0.574. The van der Waals surface area contributed by atoms with Crippen molar-refractivity contribution in [3.05, 3.63) is 35.1 Å². The van der Waals surface area contributed by atoms with Gasteiger partial charge in [0.1, 0.15) is 10.8 Å². The van der Waals surface area contributed by atoms with Crippen LogP contribution in [0.2, 0.25) is 5.02 Å². The summed E-state index contributed by atoms with van der Waals surface area (Å²) >= 11 is 6.19. The molecule has 0 saturated heterocycles. The third kappa shape index (κ3) is 2.81. The van der Waals surface area contributed by atoms with Crippen LogP contribution >= 0.6 is 11.6 Å². The minimum atomic E-state index is 0.0551. The van der Waals surface area contributed by atoms with Crippen LogP contribution in [0.15, 0.2) is 24.5 Å². The summed E-state index contributed by atoms with van der Waals surface area (Å²) in [5, 5.41) is 14.4. The molecule has 0 bridgehead atoms. The van der Waals surface area contributed by atoms with Crippen molar-refractivity contribution in [2.75, 3.05) is 5.32 Å². The number of aryl methyl sites for hydroxylation is 1. The number of anilines is 1. The normalized spacial score (nSPS) is 20.3. The highest BCUT2D eigenvalue weighted by Gasteiger charge is 2.24. The standard InChI is InChI=1S/C18H20ClN5O/c1-9-7-22-18(23-13-4-2-3-12(13)20)24-16(9)11-8-21-17-10(11)5-6-14(25)15(17)19/h5-8,12-13,21,25H,2-4,20H2,1H3,(H,22,23,24)/t12-,13-/m0/s1. The van der Waals surface area contributed by atoms with Gasteiger partial charge in [-0.1, -0.05) is 11.6 Å². The Kier molecular flexibility index (Phi) is 4.01. The summed E-state index contributed by atoms with van der Waals surface area (Å²) in [6.07, 6.45) is 6.86. The summed E-state index contributed by atoms with van der Waals surface area (Å²) in [4.78, 5) is 12.2. The van der Waals surface area contributed by atoms with Crippen molar-refractivity contribution >= 4 is 28.5 Å². The number of nitrogens with two attached hydrogens (primary N) is 1. The Morgan fingerprint density at radius 2 is 2.20 bits per heavy atom. The minimum absolute atomic E-state index is 0.0551. The first-order valence-electron chi connectivity index (χ1n) is 8.39. The molecule has 7 heteroatoms. The fraction of sp³-hybridized carbons (Fsp3) is 0.333. The lowest BCUT2D eigenvalue weighted by molar-refractivity contribution is 0.476. The molecule has 0 unspecified atom stereocenters. The molecule has 0 amide bonds. The molecule has 25 heavy (non-hydrogen) atoms. The van der Waals surface area contributed by atoms with Crippen LogP contribution in [0.3, 0.4) is 0 Å². The van der Waals surface area contributed by atoms with Crippen LogP contribution in [0.1, 0.15) is 24.8 Å². The van der Waals surface area contributed by atoms with E-state index < -0.39 is 0 Å². The molecule has 6 nitrogen and oxygen atoms in total. The first-order valence-corrected chi connectivity index (χ1v) is 8.77. The van der Waals surface area contributed by atoms with Gasteiger partial charge in [-0.3, -0.25) is 0 Å². The molecule has 130 valence electrons. The lowest BCUT2D eigenvalue weighted by Crippen LogP contribution is -2.35. The number of H-pyrrole nitrogens is 1. The van der Waals surface area contributed by atoms with Gasteiger partial charge < -0.3 is 21.1 Å². The maximum absolute atomic E-state index is 9.78. The summed E-state index contributed by atoms with van der Waals surface area (Å²) in [6, 6.07) is 3.78. The van der Waals surface area contributed by atoms with Gasteiger partial charge in [0.05, 0.1) is 11.2 Å². The monoisotopic (exact) mass is 357 g/mol. The molecular weight excluding hydrogens is 338 g/mol. The SMILES string of the molecule is Cc1cnc(N[C@H]2CCC[C@@H]2N)nc1-c1c[nH]c2c(Cl)c(O)ccc12. The van der Waals surface area contributed by atoms with Crippen LogP contribution in [-0.2, 0) is 0 Å². The number of aromatic hydroxyl groups is 1. The van der Waals surface area contributed by atoms with Gasteiger partial charge in [-0.25, -0.2) is 9.97 Å². The third-order valence-electron chi connectivity index (χ3n) is 4.88. The van der Waals surface area contributed by atoms with E-state index in [1.54, 1.807) is 6.07 Å². The van der Waals surface area contributed by atoms with Crippen molar-refractivity contribution in [2.45, 2.75) is 38.3 Å². The second-order valence-corrected chi connectivity index (χ2v) is 6.97. The molecule has 5 N–H and O–H groups in total. The van der Waals surface area contributed by atoms with Crippen LogP contribution in [-0.4, -0.2) is 32.1 Å². The van der Waals surface area contributed by atoms with Gasteiger partial charge in [0.15, 0.2) is 0 Å². The number of fused-ring (bicyclic) bond motifs is 1. The average Bonchev–Trinajstić information content (AvgIpc) is 3.20. The number of halogens is 1. The van der Waals surface area contributed by atoms with E-state index in [1.807, 2.05) is 25.4 Å². The molecule has 1 aliphatic carbocycles. The zero-order valence-corrected chi connectivity index (χ0v) is 14.6. The van der Waals surface area contributed by atoms with E-state index in [0.717, 1.165) is 41.5 Å². The van der Waals surface area contributed by atoms with Crippen LogP contribution in [0, 0.1) is 6.92 Å². The van der Waals surface area contributed by atoms with Crippen molar-refractivity contribution in [1.29, 1.82) is 0 Å². The van der Waals surface area contributed by atoms with Gasteiger partial charge in [0.25, 0.3) is 0 Å². The Labute approximate surface area is 150 Å². The van der Waals surface area contributed by atoms with E-state index in [1.165, 1.54) is 0 Å². The molecule has 3 aromatic rings. The average molecular weight is 358 g/mol. The van der Waals surface area contributed by atoms with Crippen molar-refractivity contribution < 1.29 is 5.11 Å². The van der Waals surface area contributed by atoms with Gasteiger partial charge in [-0.05, 0) is 43.9 Å². The van der Waals surface area contributed by atoms with Gasteiger partial charge in [-0.2, -0.15) is 0 Å². The Bertz CT molecular complexity index is 939. The molecule has 1 aromatic carbocycles. The first-order chi connectivity index (χ1) is 12.0. The number of hydrogen-bond donors (Lipinski definition) is 4. The molecular formula is C18H20ClN5O. The zero-order valence-electron chi connectivity index (χ0n) is 13.9. The third-order valence-corrected chi connectivity index (χ3v) is 5.27. The van der Waals surface area contributed by atoms with Gasteiger partial charge in [-0.15, -0.1) is 0 Å². The number of phenols is 1. The molecule has 0 radical (unpaired) electrons. The Hall–Kier alpha value is -2.31. The van der Waals surface area contributed by atoms with Gasteiger partial charge in [0, 0.05) is 35.4 Å². The van der Waals surface area contributed by atoms with Crippen LogP contribution < -0.4 is 11.1 Å². The van der Waals surface area contributed by atoms with Crippen molar-refractivity contribution in [2.24, 2.45) is 5.73 Å². The highest BCUT2D eigenvalue weighted by Crippen LogP contribution is 2.37. The van der Waals surface area contributed by atoms with E-state index in [9.17, 15) is 5.11 Å². The van der Waals surface area contributed by atoms with E-state index in [2.05, 4.69) is 15.3 Å². The molecule has 2 atom stereocenters. The van der Waals surface area contributed by atoms with Gasteiger partial charge in [0.2, 0.25) is 5.95 Å². The predicted molar refractivity (Wildman–Crippen MR) is 100.0 cm³/mol. The second-order valence-electron chi connectivity index (χ2n) is 6.59. The minimum Gasteiger partial charge on any atom is -0.506 e. The number of nitrogens with one attached hydrogen (secondary N) is 2. The zero-order chi connectivity index (χ0) is 17.6.